The molecule has 0 radical (unpaired) electrons. The highest BCUT2D eigenvalue weighted by Crippen LogP contribution is 2.30. The highest BCUT2D eigenvalue weighted by Gasteiger charge is 2.30. The van der Waals surface area contributed by atoms with Crippen LogP contribution in [0, 0.1) is 0 Å². The van der Waals surface area contributed by atoms with Gasteiger partial charge >= 0.3 is 6.18 Å². The van der Waals surface area contributed by atoms with Crippen molar-refractivity contribution in [3.8, 4) is 0 Å². The van der Waals surface area contributed by atoms with Gasteiger partial charge < -0.3 is 4.90 Å². The summed E-state index contributed by atoms with van der Waals surface area (Å²) in [5.41, 5.74) is -0.733. The summed E-state index contributed by atoms with van der Waals surface area (Å²) in [4.78, 5) is 2.57. The van der Waals surface area contributed by atoms with E-state index < -0.39 is 22.5 Å². The number of rotatable bonds is 5. The Hall–Kier alpha value is -0.880. The molecule has 1 fully saturated rings. The second-order valence-corrected chi connectivity index (χ2v) is 6.55. The lowest BCUT2D eigenvalue weighted by Crippen LogP contribution is -2.21. The van der Waals surface area contributed by atoms with Gasteiger partial charge in [-0.1, -0.05) is 6.07 Å². The zero-order chi connectivity index (χ0) is 14.6. The second kappa shape index (κ2) is 6.72. The number of hydrogen-bond acceptors (Lipinski definition) is 2. The molecular formula is C14H18F3NOS. The summed E-state index contributed by atoms with van der Waals surface area (Å²) in [7, 11) is -1.36. The average Bonchev–Trinajstić information content (AvgIpc) is 2.91. The van der Waals surface area contributed by atoms with Crippen LogP contribution in [0.25, 0.3) is 0 Å². The van der Waals surface area contributed by atoms with E-state index in [1.165, 1.54) is 25.0 Å². The molecule has 1 heterocycles. The van der Waals surface area contributed by atoms with Gasteiger partial charge in [-0.3, -0.25) is 4.21 Å². The van der Waals surface area contributed by atoms with Gasteiger partial charge in [-0.15, -0.1) is 0 Å². The zero-order valence-electron chi connectivity index (χ0n) is 11.2. The quantitative estimate of drug-likeness (QED) is 0.832. The molecule has 1 atom stereocenters. The predicted molar refractivity (Wildman–Crippen MR) is 73.0 cm³/mol. The van der Waals surface area contributed by atoms with Gasteiger partial charge in [0.15, 0.2) is 0 Å². The first-order chi connectivity index (χ1) is 9.47. The highest BCUT2D eigenvalue weighted by atomic mass is 32.2. The molecule has 0 saturated carbocycles. The Labute approximate surface area is 119 Å². The normalized spacial score (nSPS) is 18.4. The van der Waals surface area contributed by atoms with E-state index in [-0.39, 0.29) is 4.90 Å². The van der Waals surface area contributed by atoms with Crippen LogP contribution in [0.2, 0.25) is 0 Å². The van der Waals surface area contributed by atoms with Crippen molar-refractivity contribution in [3.05, 3.63) is 29.8 Å². The number of hydrogen-bond donors (Lipinski definition) is 0. The molecule has 1 unspecified atom stereocenters. The van der Waals surface area contributed by atoms with Crippen molar-refractivity contribution < 1.29 is 17.4 Å². The van der Waals surface area contributed by atoms with Crippen LogP contribution < -0.4 is 0 Å². The van der Waals surface area contributed by atoms with Crippen LogP contribution in [-0.2, 0) is 17.0 Å². The molecule has 0 aromatic heterocycles. The SMILES string of the molecule is O=S(CCCN1CCCC1)c1cccc(C(F)(F)F)c1. The predicted octanol–water partition coefficient (Wildman–Crippen LogP) is 3.30. The van der Waals surface area contributed by atoms with Crippen molar-refractivity contribution >= 4 is 10.8 Å². The Kier molecular flexibility index (Phi) is 5.21. The maximum Gasteiger partial charge on any atom is 0.416 e. The molecule has 112 valence electrons. The third-order valence-corrected chi connectivity index (χ3v) is 4.87. The van der Waals surface area contributed by atoms with Crippen LogP contribution in [0.15, 0.2) is 29.2 Å². The zero-order valence-corrected chi connectivity index (χ0v) is 12.0. The van der Waals surface area contributed by atoms with E-state index in [1.54, 1.807) is 0 Å². The molecule has 1 aromatic carbocycles. The third kappa shape index (κ3) is 4.31. The minimum Gasteiger partial charge on any atom is -0.303 e. The summed E-state index contributed by atoms with van der Waals surface area (Å²) in [6.45, 7) is 3.04. The van der Waals surface area contributed by atoms with Crippen molar-refractivity contribution in [2.75, 3.05) is 25.4 Å². The van der Waals surface area contributed by atoms with E-state index >= 15 is 0 Å². The van der Waals surface area contributed by atoms with E-state index in [0.29, 0.717) is 5.75 Å². The van der Waals surface area contributed by atoms with Gasteiger partial charge in [0, 0.05) is 10.6 Å². The summed E-state index contributed by atoms with van der Waals surface area (Å²) in [6.07, 6.45) is -1.22. The first kappa shape index (κ1) is 15.5. The molecule has 0 amide bonds. The van der Waals surface area contributed by atoms with Crippen molar-refractivity contribution in [2.24, 2.45) is 0 Å². The number of likely N-dealkylation sites (tertiary alicyclic amines) is 1. The molecular weight excluding hydrogens is 287 g/mol. The molecule has 1 aliphatic rings. The lowest BCUT2D eigenvalue weighted by atomic mass is 10.2. The van der Waals surface area contributed by atoms with Crippen LogP contribution in [0.4, 0.5) is 13.2 Å². The Balaban J connectivity index is 1.88. The van der Waals surface area contributed by atoms with Crippen LogP contribution in [-0.4, -0.2) is 34.5 Å². The molecule has 2 rings (SSSR count). The fourth-order valence-electron chi connectivity index (χ4n) is 2.36. The van der Waals surface area contributed by atoms with Gasteiger partial charge in [0.25, 0.3) is 0 Å². The van der Waals surface area contributed by atoms with Crippen molar-refractivity contribution in [2.45, 2.75) is 30.3 Å². The summed E-state index contributed by atoms with van der Waals surface area (Å²) in [5, 5.41) is 0. The smallest absolute Gasteiger partial charge is 0.303 e. The van der Waals surface area contributed by atoms with Gasteiger partial charge in [-0.2, -0.15) is 13.2 Å². The minimum atomic E-state index is -4.38. The van der Waals surface area contributed by atoms with Gasteiger partial charge in [-0.25, -0.2) is 0 Å². The molecule has 1 aliphatic heterocycles. The summed E-state index contributed by atoms with van der Waals surface area (Å²) in [5.74, 6) is 0.414. The van der Waals surface area contributed by atoms with E-state index in [9.17, 15) is 17.4 Å². The summed E-state index contributed by atoms with van der Waals surface area (Å²) in [6, 6.07) is 4.81. The van der Waals surface area contributed by atoms with Gasteiger partial charge in [0.05, 0.1) is 16.4 Å². The number of alkyl halides is 3. The standard InChI is InChI=1S/C14H18F3NOS/c15-14(16,17)12-5-3-6-13(11-12)20(19)10-4-9-18-7-1-2-8-18/h3,5-6,11H,1-2,4,7-10H2. The Bertz CT molecular complexity index is 470. The van der Waals surface area contributed by atoms with Crippen LogP contribution in [0.1, 0.15) is 24.8 Å². The van der Waals surface area contributed by atoms with E-state index in [0.717, 1.165) is 38.2 Å². The van der Waals surface area contributed by atoms with Crippen molar-refractivity contribution in [1.82, 2.24) is 4.90 Å². The van der Waals surface area contributed by atoms with Crippen molar-refractivity contribution in [3.63, 3.8) is 0 Å². The molecule has 1 aromatic rings. The van der Waals surface area contributed by atoms with E-state index in [1.807, 2.05) is 0 Å². The van der Waals surface area contributed by atoms with Gasteiger partial charge in [0.1, 0.15) is 0 Å². The number of nitrogens with zero attached hydrogens (tertiary/aromatic N) is 1. The summed E-state index contributed by atoms with van der Waals surface area (Å²) >= 11 is 0. The molecule has 6 heteroatoms. The van der Waals surface area contributed by atoms with Crippen LogP contribution in [0.3, 0.4) is 0 Å². The van der Waals surface area contributed by atoms with Crippen molar-refractivity contribution in [1.29, 1.82) is 0 Å². The molecule has 0 N–H and O–H groups in total. The fourth-order valence-corrected chi connectivity index (χ4v) is 3.47. The fraction of sp³-hybridized carbons (Fsp3) is 0.571. The lowest BCUT2D eigenvalue weighted by Gasteiger charge is -2.14. The number of benzene rings is 1. The Morgan fingerprint density at radius 2 is 1.90 bits per heavy atom. The average molecular weight is 305 g/mol. The Morgan fingerprint density at radius 1 is 1.20 bits per heavy atom. The van der Waals surface area contributed by atoms with Crippen LogP contribution >= 0.6 is 0 Å². The van der Waals surface area contributed by atoms with Crippen LogP contribution in [0.5, 0.6) is 0 Å². The summed E-state index contributed by atoms with van der Waals surface area (Å²) < 4.78 is 49.8. The number of halogens is 3. The third-order valence-electron chi connectivity index (χ3n) is 3.43. The van der Waals surface area contributed by atoms with Gasteiger partial charge in [-0.05, 0) is 57.1 Å². The molecule has 1 saturated heterocycles. The molecule has 0 bridgehead atoms. The maximum atomic E-state index is 12.6. The first-order valence-corrected chi connectivity index (χ1v) is 8.07. The Morgan fingerprint density at radius 3 is 2.55 bits per heavy atom. The lowest BCUT2D eigenvalue weighted by molar-refractivity contribution is -0.137. The first-order valence-electron chi connectivity index (χ1n) is 6.75. The second-order valence-electron chi connectivity index (χ2n) is 4.98. The van der Waals surface area contributed by atoms with E-state index in [2.05, 4.69) is 4.90 Å². The molecule has 0 spiro atoms. The van der Waals surface area contributed by atoms with Gasteiger partial charge in [0.2, 0.25) is 0 Å². The maximum absolute atomic E-state index is 12.6. The molecule has 0 aliphatic carbocycles. The monoisotopic (exact) mass is 305 g/mol. The van der Waals surface area contributed by atoms with E-state index in [4.69, 9.17) is 0 Å². The molecule has 20 heavy (non-hydrogen) atoms. The largest absolute Gasteiger partial charge is 0.416 e. The molecule has 2 nitrogen and oxygen atoms in total. The highest BCUT2D eigenvalue weighted by molar-refractivity contribution is 7.85. The topological polar surface area (TPSA) is 20.3 Å². The minimum absolute atomic E-state index is 0.265.